The fourth-order valence-corrected chi connectivity index (χ4v) is 5.03. The minimum Gasteiger partial charge on any atom is -0.302 e. The van der Waals surface area contributed by atoms with Crippen molar-refractivity contribution in [3.8, 4) is 0 Å². The van der Waals surface area contributed by atoms with Gasteiger partial charge in [-0.05, 0) is 37.8 Å². The summed E-state index contributed by atoms with van der Waals surface area (Å²) in [7, 11) is 0. The average molecular weight is 399 g/mol. The third-order valence-electron chi connectivity index (χ3n) is 6.57. The number of carbonyl (C=O) groups excluding carboxylic acids is 1. The summed E-state index contributed by atoms with van der Waals surface area (Å²) >= 11 is 0. The molecule has 1 aromatic heterocycles. The van der Waals surface area contributed by atoms with Gasteiger partial charge in [-0.1, -0.05) is 44.2 Å². The first-order valence-corrected chi connectivity index (χ1v) is 10.9. The van der Waals surface area contributed by atoms with E-state index in [1.807, 2.05) is 18.2 Å². The number of benzene rings is 1. The molecule has 156 valence electrons. The second-order valence-electron chi connectivity index (χ2n) is 8.33. The molecule has 1 aromatic carbocycles. The van der Waals surface area contributed by atoms with E-state index in [9.17, 15) is 9.59 Å². The van der Waals surface area contributed by atoms with E-state index in [4.69, 9.17) is 5.21 Å². The average Bonchev–Trinajstić information content (AvgIpc) is 2.73. The molecule has 2 aromatic rings. The Labute approximate surface area is 170 Å². The van der Waals surface area contributed by atoms with Crippen LogP contribution in [-0.4, -0.2) is 44.7 Å². The SMILES string of the molecule is O=C(NO)c1nc2ccccc2n(C2CCN(C3CCCCCCC3)CC2)c1=O. The number of hydroxylamine groups is 1. The molecule has 2 fully saturated rings. The maximum Gasteiger partial charge on any atom is 0.299 e. The van der Waals surface area contributed by atoms with Gasteiger partial charge in [0.15, 0.2) is 5.69 Å². The Hall–Kier alpha value is -2.25. The van der Waals surface area contributed by atoms with Crippen LogP contribution in [0, 0.1) is 0 Å². The number of aromatic nitrogens is 2. The number of para-hydroxylation sites is 2. The summed E-state index contributed by atoms with van der Waals surface area (Å²) in [5.41, 5.74) is 2.21. The van der Waals surface area contributed by atoms with Gasteiger partial charge in [0, 0.05) is 25.2 Å². The van der Waals surface area contributed by atoms with Gasteiger partial charge < -0.3 is 9.47 Å². The smallest absolute Gasteiger partial charge is 0.299 e. The van der Waals surface area contributed by atoms with Gasteiger partial charge in [-0.3, -0.25) is 14.8 Å². The van der Waals surface area contributed by atoms with Gasteiger partial charge in [0.2, 0.25) is 0 Å². The van der Waals surface area contributed by atoms with Gasteiger partial charge in [0.25, 0.3) is 11.5 Å². The third kappa shape index (κ3) is 4.21. The Kier molecular flexibility index (Phi) is 6.25. The number of hydrogen-bond donors (Lipinski definition) is 2. The molecule has 7 heteroatoms. The van der Waals surface area contributed by atoms with E-state index in [0.717, 1.165) is 31.4 Å². The molecular formula is C22H30N4O3. The summed E-state index contributed by atoms with van der Waals surface area (Å²) in [4.78, 5) is 31.9. The van der Waals surface area contributed by atoms with Gasteiger partial charge in [-0.2, -0.15) is 0 Å². The number of piperidine rings is 1. The third-order valence-corrected chi connectivity index (χ3v) is 6.57. The van der Waals surface area contributed by atoms with Crippen molar-refractivity contribution in [2.75, 3.05) is 13.1 Å². The minimum absolute atomic E-state index is 0.0328. The molecule has 0 unspecified atom stereocenters. The number of fused-ring (bicyclic) bond motifs is 1. The van der Waals surface area contributed by atoms with Crippen LogP contribution >= 0.6 is 0 Å². The van der Waals surface area contributed by atoms with Crippen molar-refractivity contribution in [2.45, 2.75) is 69.9 Å². The van der Waals surface area contributed by atoms with Crippen LogP contribution in [0.3, 0.4) is 0 Å². The summed E-state index contributed by atoms with van der Waals surface area (Å²) < 4.78 is 1.72. The summed E-state index contributed by atoms with van der Waals surface area (Å²) in [5.74, 6) is -0.860. The molecule has 2 aliphatic rings. The maximum absolute atomic E-state index is 13.1. The quantitative estimate of drug-likeness (QED) is 0.612. The van der Waals surface area contributed by atoms with Crippen LogP contribution in [0.1, 0.15) is 74.3 Å². The molecule has 0 spiro atoms. The molecule has 0 bridgehead atoms. The zero-order valence-electron chi connectivity index (χ0n) is 16.8. The Morgan fingerprint density at radius 1 is 0.966 bits per heavy atom. The number of rotatable bonds is 3. The summed E-state index contributed by atoms with van der Waals surface area (Å²) in [6, 6.07) is 8.09. The largest absolute Gasteiger partial charge is 0.302 e. The monoisotopic (exact) mass is 398 g/mol. The zero-order chi connectivity index (χ0) is 20.2. The molecule has 1 aliphatic carbocycles. The molecule has 29 heavy (non-hydrogen) atoms. The summed E-state index contributed by atoms with van der Waals surface area (Å²) in [5, 5.41) is 9.01. The number of nitrogens with one attached hydrogen (secondary N) is 1. The van der Waals surface area contributed by atoms with Gasteiger partial charge in [0.05, 0.1) is 11.0 Å². The summed E-state index contributed by atoms with van der Waals surface area (Å²) in [6.45, 7) is 1.94. The lowest BCUT2D eigenvalue weighted by Gasteiger charge is -2.39. The van der Waals surface area contributed by atoms with Gasteiger partial charge >= 0.3 is 0 Å². The van der Waals surface area contributed by atoms with Gasteiger partial charge in [0.1, 0.15) is 0 Å². The van der Waals surface area contributed by atoms with Crippen molar-refractivity contribution in [1.82, 2.24) is 19.9 Å². The highest BCUT2D eigenvalue weighted by Gasteiger charge is 2.28. The molecule has 0 radical (unpaired) electrons. The van der Waals surface area contributed by atoms with E-state index in [1.165, 1.54) is 44.9 Å². The fraction of sp³-hybridized carbons (Fsp3) is 0.591. The molecule has 7 nitrogen and oxygen atoms in total. The number of nitrogens with zero attached hydrogens (tertiary/aromatic N) is 3. The first-order chi connectivity index (χ1) is 14.2. The zero-order valence-corrected chi connectivity index (χ0v) is 16.8. The predicted molar refractivity (Wildman–Crippen MR) is 111 cm³/mol. The normalized spacial score (nSPS) is 20.3. The van der Waals surface area contributed by atoms with Gasteiger partial charge in [-0.25, -0.2) is 10.5 Å². The van der Waals surface area contributed by atoms with Crippen LogP contribution in [-0.2, 0) is 0 Å². The second kappa shape index (κ2) is 9.05. The van der Waals surface area contributed by atoms with Crippen molar-refractivity contribution in [2.24, 2.45) is 0 Å². The fourth-order valence-electron chi connectivity index (χ4n) is 5.03. The van der Waals surface area contributed by atoms with E-state index in [1.54, 1.807) is 16.1 Å². The minimum atomic E-state index is -0.860. The molecule has 1 aliphatic heterocycles. The Balaban J connectivity index is 1.58. The Morgan fingerprint density at radius 2 is 1.62 bits per heavy atom. The van der Waals surface area contributed by atoms with Crippen molar-refractivity contribution in [1.29, 1.82) is 0 Å². The topological polar surface area (TPSA) is 87.5 Å². The Bertz CT molecular complexity index is 910. The molecule has 1 amide bonds. The van der Waals surface area contributed by atoms with E-state index in [0.29, 0.717) is 11.6 Å². The lowest BCUT2D eigenvalue weighted by molar-refractivity contribution is 0.0697. The van der Waals surface area contributed by atoms with Crippen LogP contribution in [0.4, 0.5) is 0 Å². The lowest BCUT2D eigenvalue weighted by atomic mass is 9.93. The van der Waals surface area contributed by atoms with Crippen LogP contribution in [0.15, 0.2) is 29.1 Å². The van der Waals surface area contributed by atoms with Crippen LogP contribution in [0.25, 0.3) is 11.0 Å². The molecule has 2 N–H and O–H groups in total. The predicted octanol–water partition coefficient (Wildman–Crippen LogP) is 3.27. The Morgan fingerprint density at radius 3 is 2.31 bits per heavy atom. The van der Waals surface area contributed by atoms with Crippen molar-refractivity contribution in [3.63, 3.8) is 0 Å². The van der Waals surface area contributed by atoms with Gasteiger partial charge in [-0.15, -0.1) is 0 Å². The first kappa shape index (κ1) is 20.0. The second-order valence-corrected chi connectivity index (χ2v) is 8.33. The lowest BCUT2D eigenvalue weighted by Crippen LogP contribution is -2.44. The van der Waals surface area contributed by atoms with Crippen molar-refractivity contribution >= 4 is 16.9 Å². The number of likely N-dealkylation sites (tertiary alicyclic amines) is 1. The number of hydrogen-bond acceptors (Lipinski definition) is 5. The first-order valence-electron chi connectivity index (χ1n) is 10.9. The molecule has 4 rings (SSSR count). The standard InChI is InChI=1S/C22H30N4O3/c27-21(24-29)20-22(28)26(19-11-7-6-10-18(19)23-20)17-12-14-25(15-13-17)16-8-4-2-1-3-5-9-16/h6-7,10-11,16-17,29H,1-5,8-9,12-15H2,(H,24,27). The van der Waals surface area contributed by atoms with E-state index >= 15 is 0 Å². The van der Waals surface area contributed by atoms with E-state index in [-0.39, 0.29) is 11.7 Å². The van der Waals surface area contributed by atoms with Crippen molar-refractivity contribution < 1.29 is 10.0 Å². The number of carbonyl (C=O) groups is 1. The molecule has 1 saturated carbocycles. The van der Waals surface area contributed by atoms with Crippen LogP contribution < -0.4 is 11.0 Å². The van der Waals surface area contributed by atoms with Crippen LogP contribution in [0.2, 0.25) is 0 Å². The highest BCUT2D eigenvalue weighted by molar-refractivity contribution is 5.93. The number of amides is 1. The highest BCUT2D eigenvalue weighted by atomic mass is 16.5. The molecule has 1 saturated heterocycles. The van der Waals surface area contributed by atoms with E-state index in [2.05, 4.69) is 9.88 Å². The molecule has 2 heterocycles. The molecular weight excluding hydrogens is 368 g/mol. The maximum atomic E-state index is 13.1. The highest BCUT2D eigenvalue weighted by Crippen LogP contribution is 2.29. The van der Waals surface area contributed by atoms with E-state index < -0.39 is 11.5 Å². The molecule has 0 atom stereocenters. The summed E-state index contributed by atoms with van der Waals surface area (Å²) in [6.07, 6.45) is 11.0. The van der Waals surface area contributed by atoms with Crippen molar-refractivity contribution in [3.05, 3.63) is 40.3 Å². The van der Waals surface area contributed by atoms with Crippen LogP contribution in [0.5, 0.6) is 0 Å².